The fraction of sp³-hybridized carbons (Fsp3) is 0.400. The van der Waals surface area contributed by atoms with Gasteiger partial charge in [-0.3, -0.25) is 5.10 Å². The first kappa shape index (κ1) is 13.3. The van der Waals surface area contributed by atoms with Gasteiger partial charge in [-0.15, -0.1) is 0 Å². The number of rotatable bonds is 2. The van der Waals surface area contributed by atoms with E-state index in [2.05, 4.69) is 15.1 Å². The first-order valence-electron chi connectivity index (χ1n) is 7.05. The fourth-order valence-corrected chi connectivity index (χ4v) is 4.08. The summed E-state index contributed by atoms with van der Waals surface area (Å²) in [5.74, 6) is 1.11. The standard InChI is InChI=1S/C15H15Cl2N3O/c1-21-15-10(16)6-9(7-11(15)17)13-14-12(18-19-13)8-2-4-20(14)5-3-8/h6-8H,2-5H2,1H3,(H,18,19). The van der Waals surface area contributed by atoms with E-state index in [-0.39, 0.29) is 0 Å². The third-order valence-corrected chi connectivity index (χ3v) is 5.02. The number of anilines is 1. The summed E-state index contributed by atoms with van der Waals surface area (Å²) >= 11 is 12.5. The minimum absolute atomic E-state index is 0.507. The van der Waals surface area contributed by atoms with Crippen LogP contribution in [-0.4, -0.2) is 30.4 Å². The summed E-state index contributed by atoms with van der Waals surface area (Å²) in [6.45, 7) is 2.20. The van der Waals surface area contributed by atoms with Gasteiger partial charge in [-0.1, -0.05) is 23.2 Å². The Bertz CT molecular complexity index is 682. The quantitative estimate of drug-likeness (QED) is 0.905. The molecule has 3 aliphatic rings. The number of methoxy groups -OCH3 is 1. The van der Waals surface area contributed by atoms with Crippen LogP contribution in [0, 0.1) is 0 Å². The van der Waals surface area contributed by atoms with Crippen LogP contribution in [0.25, 0.3) is 11.3 Å². The second-order valence-corrected chi connectivity index (χ2v) is 6.38. The molecule has 0 aliphatic carbocycles. The van der Waals surface area contributed by atoms with Crippen molar-refractivity contribution in [3.8, 4) is 17.0 Å². The molecule has 1 aromatic heterocycles. The van der Waals surface area contributed by atoms with Crippen LogP contribution in [0.2, 0.25) is 10.0 Å². The smallest absolute Gasteiger partial charge is 0.156 e. The van der Waals surface area contributed by atoms with Crippen molar-refractivity contribution in [2.45, 2.75) is 18.8 Å². The molecule has 5 rings (SSSR count). The van der Waals surface area contributed by atoms with Crippen molar-refractivity contribution >= 4 is 28.9 Å². The number of fused-ring (bicyclic) bond motifs is 2. The number of nitrogens with one attached hydrogen (secondary N) is 1. The summed E-state index contributed by atoms with van der Waals surface area (Å²) in [5, 5.41) is 8.75. The van der Waals surface area contributed by atoms with Crippen LogP contribution in [-0.2, 0) is 0 Å². The first-order valence-corrected chi connectivity index (χ1v) is 7.81. The van der Waals surface area contributed by atoms with E-state index in [0.29, 0.717) is 21.7 Å². The molecule has 0 spiro atoms. The maximum Gasteiger partial charge on any atom is 0.156 e. The zero-order valence-electron chi connectivity index (χ0n) is 11.6. The van der Waals surface area contributed by atoms with Gasteiger partial charge in [-0.25, -0.2) is 0 Å². The highest BCUT2D eigenvalue weighted by atomic mass is 35.5. The van der Waals surface area contributed by atoms with Gasteiger partial charge in [0.05, 0.1) is 28.5 Å². The highest BCUT2D eigenvalue weighted by Gasteiger charge is 2.35. The van der Waals surface area contributed by atoms with Gasteiger partial charge in [0, 0.05) is 24.6 Å². The minimum Gasteiger partial charge on any atom is -0.494 e. The van der Waals surface area contributed by atoms with Crippen LogP contribution in [0.4, 0.5) is 5.69 Å². The topological polar surface area (TPSA) is 41.1 Å². The lowest BCUT2D eigenvalue weighted by Gasteiger charge is -2.40. The lowest BCUT2D eigenvalue weighted by atomic mass is 9.86. The Morgan fingerprint density at radius 2 is 1.90 bits per heavy atom. The van der Waals surface area contributed by atoms with E-state index in [1.807, 2.05) is 12.1 Å². The molecular weight excluding hydrogens is 309 g/mol. The van der Waals surface area contributed by atoms with Crippen LogP contribution < -0.4 is 9.64 Å². The van der Waals surface area contributed by atoms with E-state index < -0.39 is 0 Å². The zero-order valence-corrected chi connectivity index (χ0v) is 13.1. The van der Waals surface area contributed by atoms with Crippen molar-refractivity contribution in [2.24, 2.45) is 0 Å². The van der Waals surface area contributed by atoms with Crippen molar-refractivity contribution < 1.29 is 4.74 Å². The molecule has 4 heterocycles. The normalized spacial score (nSPS) is 17.2. The molecule has 0 amide bonds. The van der Waals surface area contributed by atoms with Gasteiger partial charge in [0.1, 0.15) is 5.69 Å². The Labute approximate surface area is 133 Å². The molecule has 0 atom stereocenters. The van der Waals surface area contributed by atoms with Crippen molar-refractivity contribution in [1.29, 1.82) is 0 Å². The van der Waals surface area contributed by atoms with E-state index in [1.165, 1.54) is 24.2 Å². The van der Waals surface area contributed by atoms with E-state index in [9.17, 15) is 0 Å². The van der Waals surface area contributed by atoms with E-state index >= 15 is 0 Å². The summed E-state index contributed by atoms with van der Waals surface area (Å²) in [7, 11) is 1.56. The molecule has 0 unspecified atom stereocenters. The van der Waals surface area contributed by atoms with Gasteiger partial charge in [-0.05, 0) is 25.0 Å². The molecule has 110 valence electrons. The summed E-state index contributed by atoms with van der Waals surface area (Å²) in [4.78, 5) is 2.40. The number of benzene rings is 1. The van der Waals surface area contributed by atoms with E-state index in [1.54, 1.807) is 7.11 Å². The van der Waals surface area contributed by atoms with Gasteiger partial charge < -0.3 is 9.64 Å². The Hall–Kier alpha value is -1.39. The third-order valence-electron chi connectivity index (χ3n) is 4.46. The summed E-state index contributed by atoms with van der Waals surface area (Å²) in [6.07, 6.45) is 2.41. The predicted octanol–water partition coefficient (Wildman–Crippen LogP) is 4.09. The zero-order chi connectivity index (χ0) is 14.6. The summed E-state index contributed by atoms with van der Waals surface area (Å²) in [6, 6.07) is 3.73. The molecule has 21 heavy (non-hydrogen) atoms. The SMILES string of the molecule is COc1c(Cl)cc(-c2n[nH]c3c2N2CCC3CC2)cc1Cl. The molecule has 6 heteroatoms. The molecule has 1 N–H and O–H groups in total. The fourth-order valence-electron chi connectivity index (χ4n) is 3.44. The number of H-pyrrole nitrogens is 1. The van der Waals surface area contributed by atoms with Crippen molar-refractivity contribution in [3.05, 3.63) is 27.9 Å². The molecular formula is C15H15Cl2N3O. The van der Waals surface area contributed by atoms with Gasteiger partial charge >= 0.3 is 0 Å². The highest BCUT2D eigenvalue weighted by molar-refractivity contribution is 6.37. The third kappa shape index (κ3) is 1.93. The molecule has 1 saturated heterocycles. The Morgan fingerprint density at radius 3 is 2.52 bits per heavy atom. The molecule has 1 fully saturated rings. The van der Waals surface area contributed by atoms with Crippen LogP contribution in [0.15, 0.2) is 12.1 Å². The van der Waals surface area contributed by atoms with Crippen molar-refractivity contribution in [3.63, 3.8) is 0 Å². The second-order valence-electron chi connectivity index (χ2n) is 5.57. The molecule has 3 aliphatic heterocycles. The molecule has 2 aromatic rings. The number of nitrogens with zero attached hydrogens (tertiary/aromatic N) is 2. The van der Waals surface area contributed by atoms with E-state index in [4.69, 9.17) is 27.9 Å². The summed E-state index contributed by atoms with van der Waals surface area (Å²) in [5.41, 5.74) is 4.33. The Balaban J connectivity index is 1.86. The number of ether oxygens (including phenoxy) is 1. The van der Waals surface area contributed by atoms with Crippen molar-refractivity contribution in [2.75, 3.05) is 25.1 Å². The van der Waals surface area contributed by atoms with E-state index in [0.717, 1.165) is 24.3 Å². The number of aromatic amines is 1. The maximum absolute atomic E-state index is 6.25. The molecule has 2 bridgehead atoms. The average molecular weight is 324 g/mol. The number of aromatic nitrogens is 2. The Kier molecular flexibility index (Phi) is 3.05. The largest absolute Gasteiger partial charge is 0.494 e. The van der Waals surface area contributed by atoms with Gasteiger partial charge in [0.25, 0.3) is 0 Å². The predicted molar refractivity (Wildman–Crippen MR) is 84.8 cm³/mol. The highest BCUT2D eigenvalue weighted by Crippen LogP contribution is 2.47. The number of halogens is 2. The first-order chi connectivity index (χ1) is 10.2. The van der Waals surface area contributed by atoms with Crippen LogP contribution >= 0.6 is 23.2 Å². The lowest BCUT2D eigenvalue weighted by molar-refractivity contribution is 0.415. The Morgan fingerprint density at radius 1 is 1.24 bits per heavy atom. The summed E-state index contributed by atoms with van der Waals surface area (Å²) < 4.78 is 5.21. The molecule has 4 nitrogen and oxygen atoms in total. The maximum atomic E-state index is 6.25. The monoisotopic (exact) mass is 323 g/mol. The van der Waals surface area contributed by atoms with Crippen LogP contribution in [0.3, 0.4) is 0 Å². The molecule has 0 saturated carbocycles. The van der Waals surface area contributed by atoms with Gasteiger partial charge in [0.15, 0.2) is 5.75 Å². The average Bonchev–Trinajstić information content (AvgIpc) is 2.95. The van der Waals surface area contributed by atoms with Crippen molar-refractivity contribution in [1.82, 2.24) is 10.2 Å². The van der Waals surface area contributed by atoms with Crippen LogP contribution in [0.1, 0.15) is 24.5 Å². The van der Waals surface area contributed by atoms with Gasteiger partial charge in [0.2, 0.25) is 0 Å². The number of piperidine rings is 1. The second kappa shape index (κ2) is 4.82. The number of hydrogen-bond acceptors (Lipinski definition) is 3. The minimum atomic E-state index is 0.507. The molecule has 0 radical (unpaired) electrons. The molecule has 1 aromatic carbocycles. The number of hydrogen-bond donors (Lipinski definition) is 1. The van der Waals surface area contributed by atoms with Gasteiger partial charge in [-0.2, -0.15) is 5.10 Å². The lowest BCUT2D eigenvalue weighted by Crippen LogP contribution is -2.38. The van der Waals surface area contributed by atoms with Crippen LogP contribution in [0.5, 0.6) is 5.75 Å².